The highest BCUT2D eigenvalue weighted by Gasteiger charge is 2.43. The Balaban J connectivity index is 2.37. The van der Waals surface area contributed by atoms with Crippen LogP contribution >= 0.6 is 15.9 Å². The minimum atomic E-state index is 0.0341. The highest BCUT2D eigenvalue weighted by Crippen LogP contribution is 2.41. The quantitative estimate of drug-likeness (QED) is 0.656. The van der Waals surface area contributed by atoms with E-state index in [1.807, 2.05) is 10.9 Å². The molecule has 0 aromatic carbocycles. The summed E-state index contributed by atoms with van der Waals surface area (Å²) in [5.41, 5.74) is 4.08. The minimum absolute atomic E-state index is 0.0341. The van der Waals surface area contributed by atoms with Gasteiger partial charge in [0, 0.05) is 12.5 Å². The van der Waals surface area contributed by atoms with E-state index in [-0.39, 0.29) is 18.2 Å². The lowest BCUT2D eigenvalue weighted by atomic mass is 9.82. The van der Waals surface area contributed by atoms with Gasteiger partial charge in [0.2, 0.25) is 0 Å². The van der Waals surface area contributed by atoms with E-state index >= 15 is 0 Å². The van der Waals surface area contributed by atoms with Crippen molar-refractivity contribution in [3.8, 4) is 0 Å². The average molecular weight is 331 g/mol. The van der Waals surface area contributed by atoms with E-state index in [1.54, 1.807) is 0 Å². The molecule has 1 fully saturated rings. The van der Waals surface area contributed by atoms with Gasteiger partial charge in [-0.1, -0.05) is 6.92 Å². The van der Waals surface area contributed by atoms with E-state index < -0.39 is 0 Å². The number of aromatic nitrogens is 2. The van der Waals surface area contributed by atoms with E-state index in [0.29, 0.717) is 11.8 Å². The van der Waals surface area contributed by atoms with Gasteiger partial charge in [-0.3, -0.25) is 16.0 Å². The van der Waals surface area contributed by atoms with Gasteiger partial charge < -0.3 is 4.74 Å². The second kappa shape index (κ2) is 5.91. The van der Waals surface area contributed by atoms with Crippen molar-refractivity contribution in [2.24, 2.45) is 17.7 Å². The summed E-state index contributed by atoms with van der Waals surface area (Å²) in [6, 6.07) is 0.0341. The smallest absolute Gasteiger partial charge is 0.0713 e. The number of aryl methyl sites for hydroxylation is 1. The lowest BCUT2D eigenvalue weighted by Crippen LogP contribution is -2.40. The molecule has 0 aliphatic carbocycles. The highest BCUT2D eigenvalue weighted by atomic mass is 79.9. The van der Waals surface area contributed by atoms with E-state index in [4.69, 9.17) is 10.6 Å². The molecule has 1 saturated heterocycles. The van der Waals surface area contributed by atoms with Crippen molar-refractivity contribution in [2.75, 3.05) is 0 Å². The zero-order valence-electron chi connectivity index (χ0n) is 11.9. The predicted molar refractivity (Wildman–Crippen MR) is 78.3 cm³/mol. The third kappa shape index (κ3) is 2.59. The molecular formula is C13H23BrN4O. The number of rotatable bonds is 4. The lowest BCUT2D eigenvalue weighted by Gasteiger charge is -2.29. The molecular weight excluding hydrogens is 308 g/mol. The van der Waals surface area contributed by atoms with Crippen LogP contribution in [0.3, 0.4) is 0 Å². The number of hydrogen-bond acceptors (Lipinski definition) is 4. The molecule has 108 valence electrons. The van der Waals surface area contributed by atoms with Crippen LogP contribution in [0.2, 0.25) is 0 Å². The second-order valence-electron chi connectivity index (χ2n) is 5.32. The Bertz CT molecular complexity index is 436. The van der Waals surface area contributed by atoms with Crippen LogP contribution in [0.4, 0.5) is 0 Å². The average Bonchev–Trinajstić information content (AvgIpc) is 2.86. The third-order valence-electron chi connectivity index (χ3n) is 4.31. The summed E-state index contributed by atoms with van der Waals surface area (Å²) in [5, 5.41) is 4.38. The molecule has 2 heterocycles. The van der Waals surface area contributed by atoms with Gasteiger partial charge in [0.25, 0.3) is 0 Å². The van der Waals surface area contributed by atoms with Crippen LogP contribution in [-0.2, 0) is 11.3 Å². The van der Waals surface area contributed by atoms with Crippen molar-refractivity contribution in [1.29, 1.82) is 0 Å². The fourth-order valence-corrected chi connectivity index (χ4v) is 3.72. The maximum atomic E-state index is 5.94. The summed E-state index contributed by atoms with van der Waals surface area (Å²) < 4.78 is 8.92. The van der Waals surface area contributed by atoms with Crippen LogP contribution in [0.1, 0.15) is 39.4 Å². The Morgan fingerprint density at radius 3 is 2.63 bits per heavy atom. The first-order valence-corrected chi connectivity index (χ1v) is 7.63. The second-order valence-corrected chi connectivity index (χ2v) is 6.17. The van der Waals surface area contributed by atoms with Crippen LogP contribution < -0.4 is 11.3 Å². The fourth-order valence-electron chi connectivity index (χ4n) is 3.17. The fraction of sp³-hybridized carbons (Fsp3) is 0.769. The molecule has 2 rings (SSSR count). The monoisotopic (exact) mass is 330 g/mol. The molecule has 19 heavy (non-hydrogen) atoms. The number of ether oxygens (including phenoxy) is 1. The first-order valence-electron chi connectivity index (χ1n) is 6.84. The number of halogens is 1. The normalized spacial score (nSPS) is 32.7. The van der Waals surface area contributed by atoms with Crippen molar-refractivity contribution in [3.63, 3.8) is 0 Å². The Morgan fingerprint density at radius 1 is 1.47 bits per heavy atom. The number of nitrogens with two attached hydrogens (primary N) is 1. The van der Waals surface area contributed by atoms with Crippen LogP contribution in [0.25, 0.3) is 0 Å². The van der Waals surface area contributed by atoms with Crippen LogP contribution in [0.5, 0.6) is 0 Å². The Labute approximate surface area is 123 Å². The first-order chi connectivity index (χ1) is 9.01. The summed E-state index contributed by atoms with van der Waals surface area (Å²) >= 11 is 3.58. The Hall–Kier alpha value is -0.430. The van der Waals surface area contributed by atoms with Crippen LogP contribution in [0.15, 0.2) is 10.7 Å². The molecule has 0 saturated carbocycles. The topological polar surface area (TPSA) is 65.1 Å². The molecule has 5 unspecified atom stereocenters. The third-order valence-corrected chi connectivity index (χ3v) is 4.92. The molecule has 1 aromatic rings. The largest absolute Gasteiger partial charge is 0.375 e. The summed E-state index contributed by atoms with van der Waals surface area (Å²) in [4.78, 5) is 0. The van der Waals surface area contributed by atoms with E-state index in [1.165, 1.54) is 0 Å². The first kappa shape index (κ1) is 15.0. The standard InChI is InChI=1S/C13H23BrN4O/c1-5-18-13(10(14)6-16-18)12(17-15)11-7(2)8(3)19-9(11)4/h6-9,11-12,17H,5,15H2,1-4H3. The number of nitrogens with zero attached hydrogens (tertiary/aromatic N) is 2. The van der Waals surface area contributed by atoms with Crippen molar-refractivity contribution in [2.45, 2.75) is 52.5 Å². The van der Waals surface area contributed by atoms with E-state index in [2.05, 4.69) is 54.1 Å². The van der Waals surface area contributed by atoms with Gasteiger partial charge in [0.05, 0.1) is 34.6 Å². The summed E-state index contributed by atoms with van der Waals surface area (Å²) in [5.74, 6) is 6.62. The number of hydrogen-bond donors (Lipinski definition) is 2. The molecule has 0 bridgehead atoms. The van der Waals surface area contributed by atoms with Gasteiger partial charge in [-0.15, -0.1) is 0 Å². The predicted octanol–water partition coefficient (Wildman–Crippen LogP) is 2.23. The van der Waals surface area contributed by atoms with Crippen molar-refractivity contribution in [1.82, 2.24) is 15.2 Å². The highest BCUT2D eigenvalue weighted by molar-refractivity contribution is 9.10. The molecule has 5 atom stereocenters. The van der Waals surface area contributed by atoms with Crippen LogP contribution in [-0.4, -0.2) is 22.0 Å². The Morgan fingerprint density at radius 2 is 2.16 bits per heavy atom. The van der Waals surface area contributed by atoms with Gasteiger partial charge in [0.15, 0.2) is 0 Å². The molecule has 0 amide bonds. The van der Waals surface area contributed by atoms with Gasteiger partial charge in [-0.05, 0) is 42.6 Å². The van der Waals surface area contributed by atoms with Gasteiger partial charge in [0.1, 0.15) is 0 Å². The number of hydrazine groups is 1. The molecule has 0 radical (unpaired) electrons. The SMILES string of the molecule is CCn1ncc(Br)c1C(NN)C1C(C)OC(C)C1C. The molecule has 3 N–H and O–H groups in total. The van der Waals surface area contributed by atoms with Crippen molar-refractivity contribution < 1.29 is 4.74 Å². The molecule has 0 spiro atoms. The maximum absolute atomic E-state index is 5.94. The van der Waals surface area contributed by atoms with Crippen molar-refractivity contribution in [3.05, 3.63) is 16.4 Å². The maximum Gasteiger partial charge on any atom is 0.0713 e. The molecule has 6 heteroatoms. The van der Waals surface area contributed by atoms with Crippen LogP contribution in [0, 0.1) is 11.8 Å². The van der Waals surface area contributed by atoms with Crippen molar-refractivity contribution >= 4 is 15.9 Å². The molecule has 1 aliphatic heterocycles. The molecule has 5 nitrogen and oxygen atoms in total. The van der Waals surface area contributed by atoms with E-state index in [9.17, 15) is 0 Å². The summed E-state index contributed by atoms with van der Waals surface area (Å²) in [7, 11) is 0. The lowest BCUT2D eigenvalue weighted by molar-refractivity contribution is 0.0471. The number of nitrogens with one attached hydrogen (secondary N) is 1. The summed E-state index contributed by atoms with van der Waals surface area (Å²) in [6.07, 6.45) is 2.27. The van der Waals surface area contributed by atoms with E-state index in [0.717, 1.165) is 16.7 Å². The minimum Gasteiger partial charge on any atom is -0.375 e. The molecule has 1 aromatic heterocycles. The van der Waals surface area contributed by atoms with Gasteiger partial charge in [-0.2, -0.15) is 5.10 Å². The zero-order chi connectivity index (χ0) is 14.2. The Kier molecular flexibility index (Phi) is 4.66. The zero-order valence-corrected chi connectivity index (χ0v) is 13.5. The van der Waals surface area contributed by atoms with Gasteiger partial charge in [-0.25, -0.2) is 0 Å². The van der Waals surface area contributed by atoms with Gasteiger partial charge >= 0.3 is 0 Å². The molecule has 1 aliphatic rings. The summed E-state index contributed by atoms with van der Waals surface area (Å²) in [6.45, 7) is 9.38.